The van der Waals surface area contributed by atoms with Crippen LogP contribution in [0.2, 0.25) is 5.02 Å². The van der Waals surface area contributed by atoms with Crippen molar-refractivity contribution in [3.8, 4) is 33.4 Å². The number of benzene rings is 7. The van der Waals surface area contributed by atoms with Crippen LogP contribution in [0.4, 0.5) is 0 Å². The Morgan fingerprint density at radius 2 is 1.09 bits per heavy atom. The molecule has 0 radical (unpaired) electrons. The van der Waals surface area contributed by atoms with Crippen molar-refractivity contribution in [2.24, 2.45) is 0 Å². The van der Waals surface area contributed by atoms with Crippen molar-refractivity contribution in [1.82, 2.24) is 0 Å². The van der Waals surface area contributed by atoms with Crippen molar-refractivity contribution >= 4 is 25.6 Å². The van der Waals surface area contributed by atoms with Gasteiger partial charge in [-0.25, -0.2) is 0 Å². The van der Waals surface area contributed by atoms with Gasteiger partial charge in [-0.1, -0.05) is 0 Å². The van der Waals surface area contributed by atoms with E-state index in [1.165, 1.54) is 80.7 Å². The maximum absolute atomic E-state index is 6.66. The number of rotatable bonds is 6. The number of hydrogen-bond donors (Lipinski definition) is 0. The SMILES string of the molecule is CC(C)(C)c1cc2c(cc1-c1ccccc1)[CH]([Zr]([C]1=CC=CC1)=[C](c1ccc(Cl)cc1)c1cccc3ccccc13)c1cc(-c3ccccc3)c(C(C)(C)C)cc1-2. The first kappa shape index (κ1) is 37.9. The van der Waals surface area contributed by atoms with Crippen molar-refractivity contribution in [3.63, 3.8) is 0 Å². The Labute approximate surface area is 351 Å². The molecule has 7 aromatic rings. The Morgan fingerprint density at radius 1 is 0.561 bits per heavy atom. The summed E-state index contributed by atoms with van der Waals surface area (Å²) in [5.74, 6) is 0. The zero-order chi connectivity index (χ0) is 39.5. The molecule has 0 atom stereocenters. The summed E-state index contributed by atoms with van der Waals surface area (Å²) in [4.78, 5) is 0. The van der Waals surface area contributed by atoms with E-state index >= 15 is 0 Å². The fourth-order valence-electron chi connectivity index (χ4n) is 9.26. The number of fused-ring (bicyclic) bond motifs is 4. The predicted octanol–water partition coefficient (Wildman–Crippen LogP) is 15.2. The third-order valence-electron chi connectivity index (χ3n) is 11.9. The van der Waals surface area contributed by atoms with Gasteiger partial charge >= 0.3 is 354 Å². The van der Waals surface area contributed by atoms with Crippen LogP contribution in [0.3, 0.4) is 0 Å². The summed E-state index contributed by atoms with van der Waals surface area (Å²) in [6, 6.07) is 57.2. The van der Waals surface area contributed by atoms with Crippen LogP contribution in [0.25, 0.3) is 44.2 Å². The van der Waals surface area contributed by atoms with Crippen LogP contribution in [-0.4, -0.2) is 3.21 Å². The molecule has 0 amide bonds. The van der Waals surface area contributed by atoms with E-state index in [0.717, 1.165) is 11.4 Å². The van der Waals surface area contributed by atoms with Gasteiger partial charge in [-0.05, 0) is 0 Å². The molecule has 0 N–H and O–H groups in total. The standard InChI is InChI=1S/C33H33.C17H11Cl.C5H5.Zr/c1-32(2,3)30-20-26-24(18-28(30)22-13-9-7-10-14-22)17-25-19-29(23-15-11-8-12-16-23)31(21-27(25)26)33(4,5)6;18-16-10-8-13(9-11-16)12-15-6-3-5-14-4-1-2-7-17(14)15;1-2-4-5-3-1;/h7-21H,1-6H3;1-11H;1-3H,4H2;. The molecule has 0 saturated heterocycles. The maximum atomic E-state index is 6.66. The quantitative estimate of drug-likeness (QED) is 0.157. The molecule has 0 saturated carbocycles. The van der Waals surface area contributed by atoms with Crippen LogP contribution in [0.15, 0.2) is 173 Å². The summed E-state index contributed by atoms with van der Waals surface area (Å²) in [7, 11) is 0. The summed E-state index contributed by atoms with van der Waals surface area (Å²) in [5.41, 5.74) is 16.4. The normalized spacial score (nSPS) is 14.4. The molecule has 0 aromatic heterocycles. The van der Waals surface area contributed by atoms with Crippen LogP contribution in [-0.2, 0) is 32.1 Å². The minimum atomic E-state index is -3.09. The Bertz CT molecular complexity index is 2640. The van der Waals surface area contributed by atoms with Gasteiger partial charge in [0.1, 0.15) is 0 Å². The first-order chi connectivity index (χ1) is 27.5. The molecule has 0 nitrogen and oxygen atoms in total. The number of hydrogen-bond acceptors (Lipinski definition) is 0. The zero-order valence-electron chi connectivity index (χ0n) is 33.8. The second-order valence-electron chi connectivity index (χ2n) is 17.8. The predicted molar refractivity (Wildman–Crippen MR) is 242 cm³/mol. The van der Waals surface area contributed by atoms with E-state index in [1.54, 1.807) is 3.28 Å². The molecular formula is C55H49ClZr. The molecule has 0 spiro atoms. The van der Waals surface area contributed by atoms with Gasteiger partial charge < -0.3 is 0 Å². The Kier molecular flexibility index (Phi) is 9.92. The van der Waals surface area contributed by atoms with Gasteiger partial charge in [0.2, 0.25) is 0 Å². The van der Waals surface area contributed by atoms with Gasteiger partial charge in [-0.2, -0.15) is 0 Å². The first-order valence-corrected chi connectivity index (χ1v) is 24.6. The Hall–Kier alpha value is -4.68. The van der Waals surface area contributed by atoms with Crippen LogP contribution < -0.4 is 0 Å². The van der Waals surface area contributed by atoms with Crippen molar-refractivity contribution in [2.45, 2.75) is 62.4 Å². The van der Waals surface area contributed by atoms with Crippen molar-refractivity contribution in [1.29, 1.82) is 0 Å². The van der Waals surface area contributed by atoms with E-state index in [-0.39, 0.29) is 14.5 Å². The molecule has 0 aliphatic heterocycles. The minimum absolute atomic E-state index is 0.0572. The zero-order valence-corrected chi connectivity index (χ0v) is 37.0. The average molecular weight is 837 g/mol. The third kappa shape index (κ3) is 7.02. The molecule has 0 heterocycles. The molecule has 57 heavy (non-hydrogen) atoms. The van der Waals surface area contributed by atoms with Gasteiger partial charge in [-0.15, -0.1) is 0 Å². The van der Waals surface area contributed by atoms with Crippen LogP contribution in [0.1, 0.15) is 85.0 Å². The fraction of sp³-hybridized carbons (Fsp3) is 0.182. The fourth-order valence-corrected chi connectivity index (χ4v) is 18.4. The van der Waals surface area contributed by atoms with E-state index in [0.29, 0.717) is 0 Å². The molecule has 2 aliphatic rings. The molecule has 280 valence electrons. The van der Waals surface area contributed by atoms with Gasteiger partial charge in [-0.3, -0.25) is 0 Å². The Morgan fingerprint density at radius 3 is 1.61 bits per heavy atom. The second kappa shape index (κ2) is 14.9. The average Bonchev–Trinajstić information content (AvgIpc) is 3.86. The molecule has 2 heteroatoms. The molecule has 0 fully saturated rings. The van der Waals surface area contributed by atoms with Gasteiger partial charge in [0.05, 0.1) is 0 Å². The van der Waals surface area contributed by atoms with Crippen LogP contribution in [0.5, 0.6) is 0 Å². The summed E-state index contributed by atoms with van der Waals surface area (Å²) in [5, 5.41) is 3.36. The van der Waals surface area contributed by atoms with E-state index in [1.807, 2.05) is 0 Å². The summed E-state index contributed by atoms with van der Waals surface area (Å²) in [6.45, 7) is 14.2. The topological polar surface area (TPSA) is 0 Å². The molecule has 0 bridgehead atoms. The second-order valence-corrected chi connectivity index (χ2v) is 24.5. The molecular weight excluding hydrogens is 787 g/mol. The van der Waals surface area contributed by atoms with Crippen molar-refractivity contribution < 1.29 is 21.3 Å². The molecule has 2 aliphatic carbocycles. The number of allylic oxidation sites excluding steroid dienone is 4. The van der Waals surface area contributed by atoms with Crippen molar-refractivity contribution in [3.05, 3.63) is 212 Å². The Balaban J connectivity index is 1.47. The number of halogens is 1. The molecule has 9 rings (SSSR count). The third-order valence-corrected chi connectivity index (χ3v) is 20.5. The molecule has 7 aromatic carbocycles. The van der Waals surface area contributed by atoms with Gasteiger partial charge in [0.25, 0.3) is 0 Å². The van der Waals surface area contributed by atoms with Crippen LogP contribution >= 0.6 is 11.6 Å². The van der Waals surface area contributed by atoms with Gasteiger partial charge in [0.15, 0.2) is 0 Å². The summed E-state index contributed by atoms with van der Waals surface area (Å²) < 4.78 is 3.40. The first-order valence-electron chi connectivity index (χ1n) is 20.3. The summed E-state index contributed by atoms with van der Waals surface area (Å²) in [6.07, 6.45) is 8.17. The molecule has 0 unspecified atom stereocenters. The van der Waals surface area contributed by atoms with Crippen LogP contribution in [0, 0.1) is 0 Å². The summed E-state index contributed by atoms with van der Waals surface area (Å²) >= 11 is 3.57. The van der Waals surface area contributed by atoms with E-state index in [4.69, 9.17) is 11.6 Å². The van der Waals surface area contributed by atoms with Crippen molar-refractivity contribution in [2.75, 3.05) is 0 Å². The van der Waals surface area contributed by atoms with E-state index in [2.05, 4.69) is 211 Å². The van der Waals surface area contributed by atoms with E-state index in [9.17, 15) is 0 Å². The van der Waals surface area contributed by atoms with E-state index < -0.39 is 21.3 Å². The van der Waals surface area contributed by atoms with Gasteiger partial charge in [0, 0.05) is 0 Å². The monoisotopic (exact) mass is 834 g/mol.